The molecule has 3 aromatic rings. The zero-order chi connectivity index (χ0) is 47.6. The summed E-state index contributed by atoms with van der Waals surface area (Å²) in [6.45, 7) is 17.3. The van der Waals surface area contributed by atoms with E-state index in [9.17, 15) is 33.6 Å². The second kappa shape index (κ2) is 14.8. The molecule has 0 radical (unpaired) electrons. The monoisotopic (exact) mass is 903 g/mol. The lowest BCUT2D eigenvalue weighted by molar-refractivity contribution is -0.217. The molecule has 4 aliphatic heterocycles. The summed E-state index contributed by atoms with van der Waals surface area (Å²) in [5, 5.41) is 13.2. The molecule has 2 N–H and O–H groups in total. The Morgan fingerprint density at radius 2 is 1.45 bits per heavy atom. The van der Waals surface area contributed by atoms with Crippen molar-refractivity contribution in [1.29, 1.82) is 0 Å². The minimum absolute atomic E-state index is 0.118. The number of nitrogens with one attached hydrogen (secondary N) is 1. The summed E-state index contributed by atoms with van der Waals surface area (Å²) in [5.41, 5.74) is 0.0374. The second-order valence-electron chi connectivity index (χ2n) is 20.1. The largest absolute Gasteiger partial charge is 0.483 e. The summed E-state index contributed by atoms with van der Waals surface area (Å²) in [5.74, 6) is -2.25. The number of aromatic nitrogens is 2. The molecule has 20 heteroatoms. The first-order valence-corrected chi connectivity index (χ1v) is 21.5. The fourth-order valence-electron chi connectivity index (χ4n) is 10.8. The van der Waals surface area contributed by atoms with E-state index in [1.807, 2.05) is 27.7 Å². The van der Waals surface area contributed by atoms with Crippen LogP contribution in [0.4, 0.5) is 0 Å². The number of benzene rings is 1. The zero-order valence-corrected chi connectivity index (χ0v) is 37.9. The third kappa shape index (κ3) is 6.23. The van der Waals surface area contributed by atoms with Gasteiger partial charge in [-0.25, -0.2) is 19.2 Å². The minimum Gasteiger partial charge on any atom is -0.483 e. The number of nitrogens with zero attached hydrogens (tertiary/aromatic N) is 4. The number of aliphatic hydroxyl groups excluding tert-OH is 1. The topological polar surface area (TPSA) is 278 Å². The fourth-order valence-corrected chi connectivity index (χ4v) is 10.8. The van der Waals surface area contributed by atoms with Gasteiger partial charge in [0, 0.05) is 45.4 Å². The average molecular weight is 904 g/mol. The van der Waals surface area contributed by atoms with Gasteiger partial charge in [-0.1, -0.05) is 32.8 Å². The van der Waals surface area contributed by atoms with Crippen LogP contribution in [0.15, 0.2) is 48.3 Å². The highest BCUT2D eigenvalue weighted by atomic mass is 16.7. The number of esters is 4. The summed E-state index contributed by atoms with van der Waals surface area (Å²) < 4.78 is 43.2. The van der Waals surface area contributed by atoms with Crippen molar-refractivity contribution in [3.63, 3.8) is 0 Å². The maximum absolute atomic E-state index is 14.4. The summed E-state index contributed by atoms with van der Waals surface area (Å²) in [6, 6.07) is 4.25. The Morgan fingerprint density at radius 3 is 1.97 bits per heavy atom. The Hall–Kier alpha value is -5.98. The maximum Gasteiger partial charge on any atom is 0.351 e. The van der Waals surface area contributed by atoms with Gasteiger partial charge in [0.05, 0.1) is 35.1 Å². The van der Waals surface area contributed by atoms with Gasteiger partial charge in [0.15, 0.2) is 12.2 Å². The van der Waals surface area contributed by atoms with Gasteiger partial charge in [0.2, 0.25) is 11.2 Å². The van der Waals surface area contributed by atoms with Crippen LogP contribution in [0.25, 0.3) is 21.4 Å². The first-order chi connectivity index (χ1) is 30.3. The number of fused-ring (bicyclic) bond motifs is 7. The molecule has 1 aromatic carbocycles. The molecule has 2 aromatic heterocycles. The second-order valence-corrected chi connectivity index (χ2v) is 20.1. The molecule has 20 nitrogen and oxygen atoms in total. The van der Waals surface area contributed by atoms with Gasteiger partial charge in [0.1, 0.15) is 23.2 Å². The number of ether oxygens (including phenoxy) is 6. The van der Waals surface area contributed by atoms with Crippen LogP contribution in [0, 0.1) is 35.5 Å². The number of rotatable bonds is 7. The van der Waals surface area contributed by atoms with Gasteiger partial charge in [0.25, 0.3) is 5.56 Å². The molecule has 6 heterocycles. The van der Waals surface area contributed by atoms with Crippen molar-refractivity contribution in [3.8, 4) is 5.75 Å². The van der Waals surface area contributed by atoms with Gasteiger partial charge >= 0.3 is 35.2 Å². The lowest BCUT2D eigenvalue weighted by Crippen LogP contribution is -2.57. The highest BCUT2D eigenvalue weighted by molar-refractivity contribution is 5.95. The van der Waals surface area contributed by atoms with E-state index in [0.29, 0.717) is 29.4 Å². The Morgan fingerprint density at radius 1 is 0.862 bits per heavy atom. The Kier molecular flexibility index (Phi) is 10.4. The number of aromatic amines is 1. The van der Waals surface area contributed by atoms with Crippen LogP contribution in [-0.4, -0.2) is 80.2 Å². The number of H-pyrrole nitrogens is 1. The lowest BCUT2D eigenvalue weighted by atomic mass is 9.66. The third-order valence-corrected chi connectivity index (χ3v) is 16.1. The van der Waals surface area contributed by atoms with Crippen LogP contribution in [0.1, 0.15) is 117 Å². The molecular weight excluding hydrogens is 851 g/mol. The highest BCUT2D eigenvalue weighted by Gasteiger charge is 2.78. The normalized spacial score (nSPS) is 34.0. The van der Waals surface area contributed by atoms with Crippen molar-refractivity contribution in [3.05, 3.63) is 82.8 Å². The van der Waals surface area contributed by atoms with E-state index < -0.39 is 110 Å². The number of hydrogen-bond acceptors (Lipinski definition) is 16. The van der Waals surface area contributed by atoms with E-state index in [1.54, 1.807) is 53.7 Å². The molecule has 0 spiro atoms. The van der Waals surface area contributed by atoms with Crippen LogP contribution in [0.3, 0.4) is 0 Å². The van der Waals surface area contributed by atoms with E-state index in [-0.39, 0.29) is 42.8 Å². The highest BCUT2D eigenvalue weighted by Crippen LogP contribution is 2.67. The number of azide groups is 1. The van der Waals surface area contributed by atoms with Gasteiger partial charge in [-0.2, -0.15) is 0 Å². The van der Waals surface area contributed by atoms with Crippen molar-refractivity contribution < 1.29 is 57.1 Å². The molecule has 7 unspecified atom stereocenters. The molecule has 348 valence electrons. The molecular formula is C45H53N5O15. The summed E-state index contributed by atoms with van der Waals surface area (Å²) >= 11 is 0. The van der Waals surface area contributed by atoms with E-state index >= 15 is 0 Å². The van der Waals surface area contributed by atoms with E-state index in [4.69, 9.17) is 43.5 Å². The predicted molar refractivity (Wildman–Crippen MR) is 225 cm³/mol. The number of hydrogen-bond donors (Lipinski definition) is 2. The van der Waals surface area contributed by atoms with Crippen molar-refractivity contribution in [2.75, 3.05) is 6.61 Å². The van der Waals surface area contributed by atoms with Crippen molar-refractivity contribution in [2.24, 2.45) is 26.8 Å². The standard InChI is InChI=1S/C35H40O11.C10H13N5O4/c1-17-16-20(36)41-22-18(17)10-11-19-21(22)23(42-27(39)34-14-12-32(8,25(37)45-34)30(34,4)5)24(29(2,3)44-19)43-28(40)35-15-13-33(9,26(38)46-35)31(35,6)7;1-5-3-15(10(18)12-9(5)17)8-2-6(13-14-11)7(4-16)19-8/h10-11,16,23-24H,12-15H2,1-9H3;3,6-8,16H,2,4H2,1H3,(H,12,17,18)/t23-,24-,32?,33?,34?,35?;/m1./s1. The van der Waals surface area contributed by atoms with Crippen molar-refractivity contribution >= 4 is 34.8 Å². The van der Waals surface area contributed by atoms with Crippen LogP contribution in [0.5, 0.6) is 5.75 Å². The molecule has 5 fully saturated rings. The lowest BCUT2D eigenvalue weighted by Gasteiger charge is -2.45. The zero-order valence-electron chi connectivity index (χ0n) is 37.9. The maximum atomic E-state index is 14.4. The smallest absolute Gasteiger partial charge is 0.351 e. The summed E-state index contributed by atoms with van der Waals surface area (Å²) in [4.78, 5) is 95.3. The van der Waals surface area contributed by atoms with Gasteiger partial charge in [-0.3, -0.25) is 23.9 Å². The van der Waals surface area contributed by atoms with Gasteiger partial charge in [-0.05, 0) is 90.5 Å². The van der Waals surface area contributed by atoms with Crippen LogP contribution in [-0.2, 0) is 42.9 Å². The number of aryl methyl sites for hydroxylation is 2. The first-order valence-electron chi connectivity index (χ1n) is 21.5. The SMILES string of the molecule is Cc1cc(=O)oc2c3c(ccc12)OC(C)(C)[C@H](OC(=O)C12CCC(C)(C(=O)O1)C2(C)C)[C@@H]3OC(=O)C12CCC(C)(C(=O)O1)C2(C)C.Cc1cn(C2CC(N=[N+]=[N-])C(CO)O2)c(=O)[nH]c1=O. The number of carbonyl (C=O) groups excluding carboxylic acids is 4. The molecule has 4 bridgehead atoms. The minimum atomic E-state index is -1.59. The molecule has 3 saturated heterocycles. The Labute approximate surface area is 371 Å². The third-order valence-electron chi connectivity index (χ3n) is 16.1. The van der Waals surface area contributed by atoms with Crippen molar-refractivity contribution in [1.82, 2.24) is 9.55 Å². The average Bonchev–Trinajstić information content (AvgIpc) is 3.87. The van der Waals surface area contributed by atoms with Crippen molar-refractivity contribution in [2.45, 2.75) is 149 Å². The Balaban J connectivity index is 0.000000254. The summed E-state index contributed by atoms with van der Waals surface area (Å²) in [7, 11) is 0. The first kappa shape index (κ1) is 45.6. The summed E-state index contributed by atoms with van der Waals surface area (Å²) in [6.07, 6.45) is -0.940. The molecule has 0 amide bonds. The van der Waals surface area contributed by atoms with Crippen LogP contribution in [0.2, 0.25) is 0 Å². The molecule has 2 saturated carbocycles. The van der Waals surface area contributed by atoms with E-state index in [1.165, 1.54) is 16.8 Å². The van der Waals surface area contributed by atoms with Gasteiger partial charge < -0.3 is 37.9 Å². The molecule has 9 atom stereocenters. The number of carbonyl (C=O) groups is 4. The predicted octanol–water partition coefficient (Wildman–Crippen LogP) is 4.82. The van der Waals surface area contributed by atoms with E-state index in [2.05, 4.69) is 15.0 Å². The molecule has 6 aliphatic rings. The Bertz CT molecular complexity index is 2800. The van der Waals surface area contributed by atoms with Crippen LogP contribution >= 0.6 is 0 Å². The molecule has 65 heavy (non-hydrogen) atoms. The van der Waals surface area contributed by atoms with Gasteiger partial charge in [-0.15, -0.1) is 0 Å². The molecule has 9 rings (SSSR count). The van der Waals surface area contributed by atoms with Crippen LogP contribution < -0.4 is 21.6 Å². The van der Waals surface area contributed by atoms with E-state index in [0.717, 1.165) is 0 Å². The fraction of sp³-hybridized carbons (Fsp3) is 0.622. The molecule has 2 aliphatic carbocycles. The quantitative estimate of drug-likeness (QED) is 0.0803. The number of aliphatic hydroxyl groups is 1.